The number of carbonyl (C=O) groups is 1. The van der Waals surface area contributed by atoms with Gasteiger partial charge in [0.2, 0.25) is 11.8 Å². The summed E-state index contributed by atoms with van der Waals surface area (Å²) >= 11 is 0. The van der Waals surface area contributed by atoms with E-state index in [0.29, 0.717) is 36.7 Å². The maximum atomic E-state index is 12.9. The van der Waals surface area contributed by atoms with Crippen LogP contribution in [0.5, 0.6) is 11.6 Å². The third-order valence-corrected chi connectivity index (χ3v) is 4.26. The first-order valence-electron chi connectivity index (χ1n) is 7.94. The fourth-order valence-corrected chi connectivity index (χ4v) is 2.35. The molecule has 0 aliphatic heterocycles. The van der Waals surface area contributed by atoms with E-state index in [0.717, 1.165) is 0 Å². The zero-order chi connectivity index (χ0) is 17.6. The summed E-state index contributed by atoms with van der Waals surface area (Å²) in [6.45, 7) is 4.20. The predicted molar refractivity (Wildman–Crippen MR) is 91.4 cm³/mol. The summed E-state index contributed by atoms with van der Waals surface area (Å²) in [7, 11) is 0. The monoisotopic (exact) mass is 331 g/mol. The number of benzene rings is 1. The lowest BCUT2D eigenvalue weighted by atomic mass is 9.81. The summed E-state index contributed by atoms with van der Waals surface area (Å²) in [6, 6.07) is 9.00. The molecule has 0 radical (unpaired) electrons. The zero-order valence-corrected chi connectivity index (χ0v) is 13.9. The van der Waals surface area contributed by atoms with Gasteiger partial charge >= 0.3 is 0 Å². The van der Waals surface area contributed by atoms with Crippen LogP contribution >= 0.6 is 0 Å². The lowest BCUT2D eigenvalue weighted by Gasteiger charge is -2.28. The van der Waals surface area contributed by atoms with Crippen LogP contribution in [0.15, 0.2) is 42.6 Å². The number of halogens is 1. The molecule has 0 spiro atoms. The molecule has 2 rings (SSSR count). The Morgan fingerprint density at radius 1 is 1.21 bits per heavy atom. The molecule has 0 atom stereocenters. The third-order valence-electron chi connectivity index (χ3n) is 4.26. The van der Waals surface area contributed by atoms with Gasteiger partial charge in [-0.2, -0.15) is 0 Å². The maximum absolute atomic E-state index is 12.9. The summed E-state index contributed by atoms with van der Waals surface area (Å²) in [5.74, 6) is 0.406. The third kappa shape index (κ3) is 4.08. The Morgan fingerprint density at radius 2 is 1.88 bits per heavy atom. The minimum absolute atomic E-state index is 0.107. The van der Waals surface area contributed by atoms with Crippen molar-refractivity contribution >= 4 is 11.6 Å². The smallest absolute Gasteiger partial charge is 0.231 e. The van der Waals surface area contributed by atoms with Crippen LogP contribution in [0.1, 0.15) is 26.7 Å². The molecular weight excluding hydrogens is 309 g/mol. The number of hydrogen-bond acceptors (Lipinski definition) is 4. The molecule has 0 aliphatic carbocycles. The van der Waals surface area contributed by atoms with Gasteiger partial charge in [0.05, 0.1) is 17.3 Å². The quantitative estimate of drug-likeness (QED) is 0.810. The Kier molecular flexibility index (Phi) is 5.87. The first kappa shape index (κ1) is 17.9. The topological polar surface area (TPSA) is 77.2 Å². The van der Waals surface area contributed by atoms with Gasteiger partial charge in [0.25, 0.3) is 0 Å². The van der Waals surface area contributed by atoms with Crippen LogP contribution in [0, 0.1) is 11.2 Å². The van der Waals surface area contributed by atoms with Crippen LogP contribution in [-0.4, -0.2) is 17.4 Å². The van der Waals surface area contributed by atoms with E-state index in [1.807, 2.05) is 13.8 Å². The second-order valence-corrected chi connectivity index (χ2v) is 5.59. The number of amides is 1. The van der Waals surface area contributed by atoms with Crippen molar-refractivity contribution in [1.82, 2.24) is 4.98 Å². The van der Waals surface area contributed by atoms with Crippen molar-refractivity contribution in [3.63, 3.8) is 0 Å². The Labute approximate surface area is 141 Å². The highest BCUT2D eigenvalue weighted by Crippen LogP contribution is 2.27. The number of pyridine rings is 1. The van der Waals surface area contributed by atoms with E-state index in [9.17, 15) is 9.18 Å². The molecule has 3 N–H and O–H groups in total. The molecule has 0 fully saturated rings. The fraction of sp³-hybridized carbons (Fsp3) is 0.333. The molecule has 1 aromatic carbocycles. The molecule has 6 heteroatoms. The molecule has 5 nitrogen and oxygen atoms in total. The van der Waals surface area contributed by atoms with Crippen molar-refractivity contribution in [2.24, 2.45) is 11.1 Å². The van der Waals surface area contributed by atoms with Crippen LogP contribution in [0.4, 0.5) is 10.1 Å². The van der Waals surface area contributed by atoms with E-state index >= 15 is 0 Å². The van der Waals surface area contributed by atoms with Gasteiger partial charge in [-0.1, -0.05) is 13.8 Å². The van der Waals surface area contributed by atoms with E-state index < -0.39 is 5.41 Å². The number of hydrogen-bond donors (Lipinski definition) is 2. The molecule has 0 unspecified atom stereocenters. The SMILES string of the molecule is CCC(CC)(CN)C(=O)Nc1ccc(Oc2ccc(F)cc2)nc1. The molecule has 1 heterocycles. The number of nitrogens with two attached hydrogens (primary N) is 1. The van der Waals surface area contributed by atoms with Gasteiger partial charge < -0.3 is 15.8 Å². The lowest BCUT2D eigenvalue weighted by Crippen LogP contribution is -2.41. The molecule has 1 aromatic heterocycles. The molecule has 128 valence electrons. The van der Waals surface area contributed by atoms with E-state index in [4.69, 9.17) is 10.5 Å². The molecule has 0 aliphatic rings. The van der Waals surface area contributed by atoms with E-state index in [-0.39, 0.29) is 11.7 Å². The number of rotatable bonds is 7. The van der Waals surface area contributed by atoms with Gasteiger partial charge in [-0.25, -0.2) is 9.37 Å². The highest BCUT2D eigenvalue weighted by Gasteiger charge is 2.33. The van der Waals surface area contributed by atoms with E-state index in [1.165, 1.54) is 30.5 Å². The number of anilines is 1. The summed E-state index contributed by atoms with van der Waals surface area (Å²) in [5.41, 5.74) is 5.79. The number of nitrogens with one attached hydrogen (secondary N) is 1. The molecule has 1 amide bonds. The van der Waals surface area contributed by atoms with Gasteiger partial charge in [0.15, 0.2) is 0 Å². The zero-order valence-electron chi connectivity index (χ0n) is 13.9. The van der Waals surface area contributed by atoms with Gasteiger partial charge in [-0.05, 0) is 43.2 Å². The molecule has 0 saturated carbocycles. The van der Waals surface area contributed by atoms with Gasteiger partial charge in [0, 0.05) is 12.6 Å². The van der Waals surface area contributed by atoms with Gasteiger partial charge in [0.1, 0.15) is 11.6 Å². The first-order valence-corrected chi connectivity index (χ1v) is 7.94. The largest absolute Gasteiger partial charge is 0.439 e. The molecule has 0 bridgehead atoms. The standard InChI is InChI=1S/C18H22FN3O2/c1-3-18(4-2,12-20)17(23)22-14-7-10-16(21-11-14)24-15-8-5-13(19)6-9-15/h5-11H,3-4,12,20H2,1-2H3,(H,22,23). The Morgan fingerprint density at radius 3 is 2.38 bits per heavy atom. The average molecular weight is 331 g/mol. The maximum Gasteiger partial charge on any atom is 0.231 e. The summed E-state index contributed by atoms with van der Waals surface area (Å²) in [4.78, 5) is 16.6. The molecular formula is C18H22FN3O2. The Hall–Kier alpha value is -2.47. The summed E-state index contributed by atoms with van der Waals surface area (Å²) in [6.07, 6.45) is 2.86. The van der Waals surface area contributed by atoms with Crippen LogP contribution in [0.25, 0.3) is 0 Å². The first-order chi connectivity index (χ1) is 11.5. The van der Waals surface area contributed by atoms with Crippen LogP contribution in [-0.2, 0) is 4.79 Å². The second-order valence-electron chi connectivity index (χ2n) is 5.59. The van der Waals surface area contributed by atoms with E-state index in [1.54, 1.807) is 12.1 Å². The van der Waals surface area contributed by atoms with Crippen molar-refractivity contribution in [3.05, 3.63) is 48.4 Å². The Balaban J connectivity index is 2.04. The van der Waals surface area contributed by atoms with Gasteiger partial charge in [-0.3, -0.25) is 4.79 Å². The number of carbonyl (C=O) groups excluding carboxylic acids is 1. The van der Waals surface area contributed by atoms with Crippen molar-refractivity contribution in [2.75, 3.05) is 11.9 Å². The van der Waals surface area contributed by atoms with Crippen molar-refractivity contribution < 1.29 is 13.9 Å². The van der Waals surface area contributed by atoms with Gasteiger partial charge in [-0.15, -0.1) is 0 Å². The number of ether oxygens (including phenoxy) is 1. The average Bonchev–Trinajstić information content (AvgIpc) is 2.61. The summed E-state index contributed by atoms with van der Waals surface area (Å²) < 4.78 is 18.4. The molecule has 24 heavy (non-hydrogen) atoms. The van der Waals surface area contributed by atoms with E-state index in [2.05, 4.69) is 10.3 Å². The van der Waals surface area contributed by atoms with Crippen LogP contribution in [0.2, 0.25) is 0 Å². The van der Waals surface area contributed by atoms with Crippen molar-refractivity contribution in [3.8, 4) is 11.6 Å². The molecule has 0 saturated heterocycles. The van der Waals surface area contributed by atoms with Crippen molar-refractivity contribution in [1.29, 1.82) is 0 Å². The van der Waals surface area contributed by atoms with Crippen molar-refractivity contribution in [2.45, 2.75) is 26.7 Å². The highest BCUT2D eigenvalue weighted by molar-refractivity contribution is 5.95. The summed E-state index contributed by atoms with van der Waals surface area (Å²) in [5, 5.41) is 2.85. The van der Waals surface area contributed by atoms with Crippen LogP contribution in [0.3, 0.4) is 0 Å². The normalized spacial score (nSPS) is 11.2. The number of nitrogens with zero attached hydrogens (tertiary/aromatic N) is 1. The molecule has 2 aromatic rings. The Bertz CT molecular complexity index is 659. The van der Waals surface area contributed by atoms with Crippen LogP contribution < -0.4 is 15.8 Å². The lowest BCUT2D eigenvalue weighted by molar-refractivity contribution is -0.125. The predicted octanol–water partition coefficient (Wildman–Crippen LogP) is 3.72. The second kappa shape index (κ2) is 7.88. The minimum atomic E-state index is -0.566. The minimum Gasteiger partial charge on any atom is -0.439 e. The fourth-order valence-electron chi connectivity index (χ4n) is 2.35. The highest BCUT2D eigenvalue weighted by atomic mass is 19.1. The number of aromatic nitrogens is 1.